The quantitative estimate of drug-likeness (QED) is 0.735. The highest BCUT2D eigenvalue weighted by molar-refractivity contribution is 5.85. The summed E-state index contributed by atoms with van der Waals surface area (Å²) in [6.45, 7) is 1.72. The Bertz CT molecular complexity index is 385. The van der Waals surface area contributed by atoms with E-state index in [1.165, 1.54) is 0 Å². The van der Waals surface area contributed by atoms with Gasteiger partial charge in [-0.1, -0.05) is 12.1 Å². The van der Waals surface area contributed by atoms with Crippen LogP contribution in [0.1, 0.15) is 18.6 Å². The number of hydrogen-bond donors (Lipinski definition) is 3. The minimum Gasteiger partial charge on any atom is -0.497 e. The molecule has 0 saturated heterocycles. The van der Waals surface area contributed by atoms with Gasteiger partial charge in [-0.3, -0.25) is 4.79 Å². The van der Waals surface area contributed by atoms with E-state index in [-0.39, 0.29) is 24.9 Å². The lowest BCUT2D eigenvalue weighted by Gasteiger charge is -2.14. The van der Waals surface area contributed by atoms with Crippen molar-refractivity contribution in [3.63, 3.8) is 0 Å². The van der Waals surface area contributed by atoms with Gasteiger partial charge in [-0.2, -0.15) is 0 Å². The zero-order valence-corrected chi connectivity index (χ0v) is 11.2. The number of carbonyl (C=O) groups excluding carboxylic acids is 1. The lowest BCUT2D eigenvalue weighted by molar-refractivity contribution is -0.122. The van der Waals surface area contributed by atoms with Crippen molar-refractivity contribution in [1.29, 1.82) is 0 Å². The van der Waals surface area contributed by atoms with E-state index in [1.54, 1.807) is 38.3 Å². The molecule has 1 aromatic rings. The Hall–Kier alpha value is -1.30. The monoisotopic (exact) mass is 274 g/mol. The van der Waals surface area contributed by atoms with Crippen molar-refractivity contribution in [2.24, 2.45) is 5.73 Å². The van der Waals surface area contributed by atoms with Gasteiger partial charge < -0.3 is 20.9 Å². The smallest absolute Gasteiger partial charge is 0.236 e. The van der Waals surface area contributed by atoms with Gasteiger partial charge in [0, 0.05) is 6.54 Å². The third-order valence-corrected chi connectivity index (χ3v) is 2.36. The average molecular weight is 275 g/mol. The number of hydrogen-bond acceptors (Lipinski definition) is 4. The second-order valence-electron chi connectivity index (χ2n) is 3.83. The molecule has 5 nitrogen and oxygen atoms in total. The van der Waals surface area contributed by atoms with Crippen LogP contribution in [0.4, 0.5) is 0 Å². The number of rotatable bonds is 5. The lowest BCUT2D eigenvalue weighted by atomic mass is 10.1. The Labute approximate surface area is 113 Å². The highest BCUT2D eigenvalue weighted by atomic mass is 35.5. The van der Waals surface area contributed by atoms with Crippen LogP contribution in [-0.2, 0) is 4.79 Å². The summed E-state index contributed by atoms with van der Waals surface area (Å²) in [4.78, 5) is 11.2. The van der Waals surface area contributed by atoms with Crippen molar-refractivity contribution in [1.82, 2.24) is 5.32 Å². The van der Waals surface area contributed by atoms with E-state index in [4.69, 9.17) is 10.5 Å². The number of benzene rings is 1. The Morgan fingerprint density at radius 2 is 2.22 bits per heavy atom. The number of nitrogens with one attached hydrogen (secondary N) is 1. The van der Waals surface area contributed by atoms with Gasteiger partial charge in [0.1, 0.15) is 5.75 Å². The molecule has 102 valence electrons. The van der Waals surface area contributed by atoms with Crippen LogP contribution in [0.5, 0.6) is 5.75 Å². The Balaban J connectivity index is 0.00000289. The third-order valence-electron chi connectivity index (χ3n) is 2.36. The van der Waals surface area contributed by atoms with E-state index in [0.717, 1.165) is 0 Å². The molecule has 0 heterocycles. The molecule has 0 aliphatic heterocycles. The number of amides is 1. The number of methoxy groups -OCH3 is 1. The molecule has 4 N–H and O–H groups in total. The Kier molecular flexibility index (Phi) is 7.35. The standard InChI is InChI=1S/C12H18N2O3.ClH/c1-8(13)12(16)14-7-11(15)9-4-3-5-10(6-9)17-2;/h3-6,8,11,15H,7,13H2,1-2H3,(H,14,16);1H/t8-,11?;/m1./s1. The molecule has 2 atom stereocenters. The van der Waals surface area contributed by atoms with Crippen LogP contribution in [0.2, 0.25) is 0 Å². The summed E-state index contributed by atoms with van der Waals surface area (Å²) in [6.07, 6.45) is -0.771. The molecule has 0 spiro atoms. The van der Waals surface area contributed by atoms with Gasteiger partial charge >= 0.3 is 0 Å². The van der Waals surface area contributed by atoms with Crippen molar-refractivity contribution in [3.8, 4) is 5.75 Å². The largest absolute Gasteiger partial charge is 0.497 e. The number of aliphatic hydroxyl groups is 1. The van der Waals surface area contributed by atoms with Crippen LogP contribution >= 0.6 is 12.4 Å². The third kappa shape index (κ3) is 4.91. The average Bonchev–Trinajstić information content (AvgIpc) is 2.35. The Morgan fingerprint density at radius 3 is 2.78 bits per heavy atom. The number of carbonyl (C=O) groups is 1. The van der Waals surface area contributed by atoms with Gasteiger partial charge in [-0.25, -0.2) is 0 Å². The molecule has 0 aromatic heterocycles. The SMILES string of the molecule is COc1cccc(C(O)CNC(=O)[C@@H](C)N)c1.Cl. The van der Waals surface area contributed by atoms with Crippen LogP contribution < -0.4 is 15.8 Å². The lowest BCUT2D eigenvalue weighted by Crippen LogP contribution is -2.40. The fourth-order valence-electron chi connectivity index (χ4n) is 1.32. The maximum atomic E-state index is 11.2. The van der Waals surface area contributed by atoms with Crippen LogP contribution in [0, 0.1) is 0 Å². The van der Waals surface area contributed by atoms with Gasteiger partial charge in [-0.15, -0.1) is 12.4 Å². The van der Waals surface area contributed by atoms with Gasteiger partial charge in [0.2, 0.25) is 5.91 Å². The first kappa shape index (κ1) is 16.7. The highest BCUT2D eigenvalue weighted by Crippen LogP contribution is 2.18. The van der Waals surface area contributed by atoms with Crippen LogP contribution in [-0.4, -0.2) is 30.7 Å². The number of aliphatic hydroxyl groups excluding tert-OH is 1. The van der Waals surface area contributed by atoms with Crippen molar-refractivity contribution >= 4 is 18.3 Å². The summed E-state index contributed by atoms with van der Waals surface area (Å²) >= 11 is 0. The summed E-state index contributed by atoms with van der Waals surface area (Å²) in [6, 6.07) is 6.49. The molecule has 0 fully saturated rings. The fraction of sp³-hybridized carbons (Fsp3) is 0.417. The number of halogens is 1. The first-order valence-electron chi connectivity index (χ1n) is 5.40. The summed E-state index contributed by atoms with van der Waals surface area (Å²) in [5, 5.41) is 12.4. The molecule has 0 saturated carbocycles. The summed E-state index contributed by atoms with van der Waals surface area (Å²) < 4.78 is 5.05. The first-order chi connectivity index (χ1) is 8.04. The topological polar surface area (TPSA) is 84.6 Å². The normalized spacial score (nSPS) is 13.1. The molecule has 1 rings (SSSR count). The van der Waals surface area contributed by atoms with Crippen LogP contribution in [0.3, 0.4) is 0 Å². The minimum atomic E-state index is -0.771. The molecule has 0 aliphatic carbocycles. The summed E-state index contributed by atoms with van der Waals surface area (Å²) in [7, 11) is 1.56. The van der Waals surface area contributed by atoms with Gasteiger partial charge in [0.25, 0.3) is 0 Å². The zero-order valence-electron chi connectivity index (χ0n) is 10.4. The van der Waals surface area contributed by atoms with Crippen LogP contribution in [0.15, 0.2) is 24.3 Å². The summed E-state index contributed by atoms with van der Waals surface area (Å²) in [5.41, 5.74) is 6.08. The van der Waals surface area contributed by atoms with Gasteiger partial charge in [0.15, 0.2) is 0 Å². The maximum absolute atomic E-state index is 11.2. The van der Waals surface area contributed by atoms with Crippen LogP contribution in [0.25, 0.3) is 0 Å². The van der Waals surface area contributed by atoms with E-state index in [0.29, 0.717) is 11.3 Å². The van der Waals surface area contributed by atoms with E-state index >= 15 is 0 Å². The molecule has 18 heavy (non-hydrogen) atoms. The molecule has 6 heteroatoms. The van der Waals surface area contributed by atoms with E-state index in [2.05, 4.69) is 5.32 Å². The van der Waals surface area contributed by atoms with Crippen molar-refractivity contribution in [2.45, 2.75) is 19.1 Å². The molecule has 0 radical (unpaired) electrons. The molecular weight excluding hydrogens is 256 g/mol. The predicted molar refractivity (Wildman–Crippen MR) is 71.9 cm³/mol. The predicted octanol–water partition coefficient (Wildman–Crippen LogP) is 0.614. The fourth-order valence-corrected chi connectivity index (χ4v) is 1.32. The van der Waals surface area contributed by atoms with Crippen molar-refractivity contribution in [3.05, 3.63) is 29.8 Å². The van der Waals surface area contributed by atoms with Gasteiger partial charge in [-0.05, 0) is 24.6 Å². The second-order valence-corrected chi connectivity index (χ2v) is 3.83. The van der Waals surface area contributed by atoms with E-state index in [1.807, 2.05) is 0 Å². The zero-order chi connectivity index (χ0) is 12.8. The molecule has 0 aliphatic rings. The van der Waals surface area contributed by atoms with Crippen molar-refractivity contribution < 1.29 is 14.6 Å². The van der Waals surface area contributed by atoms with E-state index in [9.17, 15) is 9.90 Å². The molecular formula is C12H19ClN2O3. The molecule has 1 aromatic carbocycles. The highest BCUT2D eigenvalue weighted by Gasteiger charge is 2.12. The van der Waals surface area contributed by atoms with Gasteiger partial charge in [0.05, 0.1) is 19.3 Å². The Morgan fingerprint density at radius 1 is 1.56 bits per heavy atom. The number of ether oxygens (including phenoxy) is 1. The molecule has 0 bridgehead atoms. The second kappa shape index (κ2) is 7.92. The number of nitrogens with two attached hydrogens (primary N) is 1. The molecule has 1 unspecified atom stereocenters. The first-order valence-corrected chi connectivity index (χ1v) is 5.40. The summed E-state index contributed by atoms with van der Waals surface area (Å²) in [5.74, 6) is 0.381. The maximum Gasteiger partial charge on any atom is 0.236 e. The van der Waals surface area contributed by atoms with E-state index < -0.39 is 12.1 Å². The van der Waals surface area contributed by atoms with Crippen molar-refractivity contribution in [2.75, 3.05) is 13.7 Å². The molecule has 1 amide bonds. The minimum absolute atomic E-state index is 0.